The number of aromatic nitrogens is 6. The van der Waals surface area contributed by atoms with Crippen molar-refractivity contribution in [2.75, 3.05) is 13.1 Å². The molecule has 34 heavy (non-hydrogen) atoms. The molecule has 4 heterocycles. The summed E-state index contributed by atoms with van der Waals surface area (Å²) >= 11 is 0. The molecule has 3 aromatic heterocycles. The predicted molar refractivity (Wildman–Crippen MR) is 126 cm³/mol. The van der Waals surface area contributed by atoms with E-state index in [1.54, 1.807) is 24.7 Å². The van der Waals surface area contributed by atoms with Gasteiger partial charge in [-0.05, 0) is 62.1 Å². The Balaban J connectivity index is 1.22. The zero-order valence-corrected chi connectivity index (χ0v) is 18.9. The lowest BCUT2D eigenvalue weighted by Crippen LogP contribution is -2.34. The van der Waals surface area contributed by atoms with Gasteiger partial charge in [0.05, 0.1) is 29.1 Å². The fourth-order valence-electron chi connectivity index (χ4n) is 4.77. The van der Waals surface area contributed by atoms with Crippen molar-refractivity contribution in [3.8, 4) is 22.6 Å². The largest absolute Gasteiger partial charge is 0.326 e. The minimum Gasteiger partial charge on any atom is -0.326 e. The first-order chi connectivity index (χ1) is 16.7. The normalized spacial score (nSPS) is 17.2. The lowest BCUT2D eigenvalue weighted by Gasteiger charge is -2.33. The van der Waals surface area contributed by atoms with Gasteiger partial charge in [-0.15, -0.1) is 0 Å². The van der Waals surface area contributed by atoms with Crippen LogP contribution >= 0.6 is 0 Å². The molecule has 1 aliphatic carbocycles. The maximum absolute atomic E-state index is 13.5. The van der Waals surface area contributed by atoms with E-state index in [9.17, 15) is 4.39 Å². The van der Waals surface area contributed by atoms with Crippen molar-refractivity contribution in [1.29, 1.82) is 0 Å². The molecule has 172 valence electrons. The first-order valence-electron chi connectivity index (χ1n) is 11.9. The van der Waals surface area contributed by atoms with Gasteiger partial charge in [0.15, 0.2) is 0 Å². The highest BCUT2D eigenvalue weighted by Crippen LogP contribution is 2.38. The third-order valence-corrected chi connectivity index (χ3v) is 6.75. The molecule has 1 saturated heterocycles. The number of piperidine rings is 1. The van der Waals surface area contributed by atoms with Crippen LogP contribution in [0.2, 0.25) is 0 Å². The number of halogens is 1. The SMILES string of the molecule is Fc1ccc(-c2ncn(C3CCN(Cc4ccnc(C5CC5)n4)CC3)c2-c2ccncn2)cc1. The van der Waals surface area contributed by atoms with Crippen molar-refractivity contribution in [1.82, 2.24) is 34.4 Å². The summed E-state index contributed by atoms with van der Waals surface area (Å²) in [4.78, 5) is 25.0. The zero-order valence-electron chi connectivity index (χ0n) is 18.9. The first-order valence-corrected chi connectivity index (χ1v) is 11.9. The number of hydrogen-bond acceptors (Lipinski definition) is 6. The standard InChI is InChI=1S/C26H26FN7/c27-20-5-3-18(4-6-20)24-25(23-8-11-28-16-30-23)34(17-31-24)22-9-13-33(14-10-22)15-21-7-12-29-26(32-21)19-1-2-19/h3-8,11-12,16-17,19,22H,1-2,9-10,13-15H2. The molecular formula is C26H26FN7. The summed E-state index contributed by atoms with van der Waals surface area (Å²) in [5.41, 5.74) is 4.58. The number of rotatable bonds is 6. The van der Waals surface area contributed by atoms with E-state index in [1.165, 1.54) is 25.0 Å². The molecule has 1 aromatic carbocycles. The van der Waals surface area contributed by atoms with Crippen LogP contribution in [0.3, 0.4) is 0 Å². The number of likely N-dealkylation sites (tertiary alicyclic amines) is 1. The highest BCUT2D eigenvalue weighted by Gasteiger charge is 2.28. The lowest BCUT2D eigenvalue weighted by atomic mass is 10.0. The van der Waals surface area contributed by atoms with E-state index in [1.807, 2.05) is 24.7 Å². The van der Waals surface area contributed by atoms with Gasteiger partial charge in [0.25, 0.3) is 0 Å². The molecule has 7 nitrogen and oxygen atoms in total. The summed E-state index contributed by atoms with van der Waals surface area (Å²) in [6.07, 6.45) is 11.6. The van der Waals surface area contributed by atoms with Crippen LogP contribution in [0.1, 0.15) is 49.2 Å². The van der Waals surface area contributed by atoms with Crippen molar-refractivity contribution in [3.05, 3.63) is 78.8 Å². The molecule has 0 unspecified atom stereocenters. The van der Waals surface area contributed by atoms with E-state index in [2.05, 4.69) is 24.4 Å². The maximum Gasteiger partial charge on any atom is 0.131 e. The molecule has 1 saturated carbocycles. The summed E-state index contributed by atoms with van der Waals surface area (Å²) in [7, 11) is 0. The van der Waals surface area contributed by atoms with Crippen LogP contribution < -0.4 is 0 Å². The molecule has 0 atom stereocenters. The average Bonchev–Trinajstić information content (AvgIpc) is 3.64. The van der Waals surface area contributed by atoms with E-state index in [0.717, 1.165) is 66.6 Å². The number of benzene rings is 1. The quantitative estimate of drug-likeness (QED) is 0.421. The molecule has 8 heteroatoms. The zero-order chi connectivity index (χ0) is 22.9. The van der Waals surface area contributed by atoms with Gasteiger partial charge in [0, 0.05) is 49.6 Å². The molecule has 0 amide bonds. The van der Waals surface area contributed by atoms with Crippen LogP contribution in [-0.4, -0.2) is 47.5 Å². The summed E-state index contributed by atoms with van der Waals surface area (Å²) in [5, 5.41) is 0. The Hall–Kier alpha value is -3.52. The number of nitrogens with zero attached hydrogens (tertiary/aromatic N) is 7. The van der Waals surface area contributed by atoms with Gasteiger partial charge in [-0.3, -0.25) is 4.90 Å². The predicted octanol–water partition coefficient (Wildman–Crippen LogP) is 4.65. The minimum absolute atomic E-state index is 0.257. The van der Waals surface area contributed by atoms with Crippen LogP contribution in [0.15, 0.2) is 61.4 Å². The van der Waals surface area contributed by atoms with Gasteiger partial charge in [0.1, 0.15) is 18.0 Å². The molecule has 2 fully saturated rings. The minimum atomic E-state index is -0.257. The third kappa shape index (κ3) is 4.33. The van der Waals surface area contributed by atoms with Crippen LogP contribution in [0.25, 0.3) is 22.6 Å². The van der Waals surface area contributed by atoms with E-state index in [-0.39, 0.29) is 5.82 Å². The summed E-state index contributed by atoms with van der Waals surface area (Å²) in [5.74, 6) is 1.32. The van der Waals surface area contributed by atoms with Crippen molar-refractivity contribution in [3.63, 3.8) is 0 Å². The fraction of sp³-hybridized carbons (Fsp3) is 0.346. The van der Waals surface area contributed by atoms with Crippen LogP contribution in [0, 0.1) is 5.82 Å². The summed E-state index contributed by atoms with van der Waals surface area (Å²) in [6, 6.07) is 10.7. The van der Waals surface area contributed by atoms with Gasteiger partial charge in [-0.2, -0.15) is 0 Å². The molecule has 1 aliphatic heterocycles. The van der Waals surface area contributed by atoms with Crippen molar-refractivity contribution in [2.24, 2.45) is 0 Å². The average molecular weight is 456 g/mol. The van der Waals surface area contributed by atoms with Gasteiger partial charge in [0.2, 0.25) is 0 Å². The van der Waals surface area contributed by atoms with E-state index in [0.29, 0.717) is 12.0 Å². The van der Waals surface area contributed by atoms with E-state index in [4.69, 9.17) is 9.97 Å². The second-order valence-electron chi connectivity index (χ2n) is 9.14. The molecule has 0 N–H and O–H groups in total. The van der Waals surface area contributed by atoms with Crippen molar-refractivity contribution >= 4 is 0 Å². The first kappa shape index (κ1) is 21.0. The van der Waals surface area contributed by atoms with Gasteiger partial charge in [-0.1, -0.05) is 0 Å². The Labute approximate surface area is 197 Å². The van der Waals surface area contributed by atoms with Crippen LogP contribution in [0.5, 0.6) is 0 Å². The van der Waals surface area contributed by atoms with Gasteiger partial charge < -0.3 is 4.57 Å². The van der Waals surface area contributed by atoms with Crippen LogP contribution in [0.4, 0.5) is 4.39 Å². The summed E-state index contributed by atoms with van der Waals surface area (Å²) < 4.78 is 15.8. The Morgan fingerprint density at radius 2 is 1.71 bits per heavy atom. The van der Waals surface area contributed by atoms with Crippen molar-refractivity contribution < 1.29 is 4.39 Å². The molecule has 2 aliphatic rings. The molecule has 6 rings (SSSR count). The smallest absolute Gasteiger partial charge is 0.131 e. The summed E-state index contributed by atoms with van der Waals surface area (Å²) in [6.45, 7) is 2.83. The van der Waals surface area contributed by atoms with E-state index >= 15 is 0 Å². The topological polar surface area (TPSA) is 72.6 Å². The number of imidazole rings is 1. The highest BCUT2D eigenvalue weighted by atomic mass is 19.1. The molecule has 0 bridgehead atoms. The fourth-order valence-corrected chi connectivity index (χ4v) is 4.77. The lowest BCUT2D eigenvalue weighted by molar-refractivity contribution is 0.178. The molecule has 0 radical (unpaired) electrons. The van der Waals surface area contributed by atoms with Crippen LogP contribution in [-0.2, 0) is 6.54 Å². The Bertz CT molecular complexity index is 1260. The van der Waals surface area contributed by atoms with Crippen molar-refractivity contribution in [2.45, 2.75) is 44.2 Å². The molecular weight excluding hydrogens is 429 g/mol. The third-order valence-electron chi connectivity index (χ3n) is 6.75. The number of hydrogen-bond donors (Lipinski definition) is 0. The maximum atomic E-state index is 13.5. The second kappa shape index (κ2) is 9.02. The van der Waals surface area contributed by atoms with E-state index < -0.39 is 0 Å². The highest BCUT2D eigenvalue weighted by molar-refractivity contribution is 5.76. The van der Waals surface area contributed by atoms with Gasteiger partial charge >= 0.3 is 0 Å². The second-order valence-corrected chi connectivity index (χ2v) is 9.14. The molecule has 0 spiro atoms. The molecule has 4 aromatic rings. The Kier molecular flexibility index (Phi) is 5.58. The Morgan fingerprint density at radius 1 is 0.882 bits per heavy atom. The van der Waals surface area contributed by atoms with Gasteiger partial charge in [-0.25, -0.2) is 29.3 Å². The monoisotopic (exact) mass is 455 g/mol. The Morgan fingerprint density at radius 3 is 2.44 bits per heavy atom.